The van der Waals surface area contributed by atoms with Crippen LogP contribution in [0.4, 0.5) is 10.1 Å². The van der Waals surface area contributed by atoms with Gasteiger partial charge in [-0.2, -0.15) is 0 Å². The molecule has 0 radical (unpaired) electrons. The number of benzene rings is 1. The highest BCUT2D eigenvalue weighted by Crippen LogP contribution is 2.28. The first-order chi connectivity index (χ1) is 13.2. The van der Waals surface area contributed by atoms with E-state index >= 15 is 0 Å². The third-order valence-electron chi connectivity index (χ3n) is 4.74. The summed E-state index contributed by atoms with van der Waals surface area (Å²) in [5.74, 6) is -2.53. The van der Waals surface area contributed by atoms with E-state index < -0.39 is 23.5 Å². The molecule has 2 aliphatic heterocycles. The molecule has 7 nitrogen and oxygen atoms in total. The van der Waals surface area contributed by atoms with Crippen molar-refractivity contribution >= 4 is 17.6 Å². The molecule has 2 fully saturated rings. The quantitative estimate of drug-likeness (QED) is 0.469. The molecule has 1 aromatic carbocycles. The lowest BCUT2D eigenvalue weighted by atomic mass is 9.98. The predicted molar refractivity (Wildman–Crippen MR) is 100 cm³/mol. The molecule has 0 unspecified atom stereocenters. The van der Waals surface area contributed by atoms with Gasteiger partial charge in [-0.25, -0.2) is 14.0 Å². The van der Waals surface area contributed by atoms with Crippen LogP contribution in [0.15, 0.2) is 30.0 Å². The summed E-state index contributed by atoms with van der Waals surface area (Å²) < 4.78 is 29.7. The molecule has 2 saturated heterocycles. The van der Waals surface area contributed by atoms with Crippen molar-refractivity contribution in [3.05, 3.63) is 35.8 Å². The standard InChI is InChI=1S/C20H25FN2O5/c1-20(2)27-18(24)15(19(25)28-20)11-22-16-10-14(21)4-5-17(16)26-12-13-6-8-23(3)9-7-13/h4-5,10-11,13,22H,6-9,12H2,1-3H3. The van der Waals surface area contributed by atoms with Crippen molar-refractivity contribution in [2.45, 2.75) is 32.5 Å². The molecular weight excluding hydrogens is 367 g/mol. The maximum absolute atomic E-state index is 13.7. The number of nitrogens with zero attached hydrogens (tertiary/aromatic N) is 1. The first kappa shape index (κ1) is 20.1. The Morgan fingerprint density at radius 1 is 1.25 bits per heavy atom. The molecule has 28 heavy (non-hydrogen) atoms. The fraction of sp³-hybridized carbons (Fsp3) is 0.500. The molecule has 0 aromatic heterocycles. The number of halogens is 1. The first-order valence-electron chi connectivity index (χ1n) is 9.28. The highest BCUT2D eigenvalue weighted by atomic mass is 19.1. The Morgan fingerprint density at radius 2 is 1.89 bits per heavy atom. The van der Waals surface area contributed by atoms with Crippen LogP contribution >= 0.6 is 0 Å². The van der Waals surface area contributed by atoms with Crippen LogP contribution in [0, 0.1) is 11.7 Å². The smallest absolute Gasteiger partial charge is 0.350 e. The van der Waals surface area contributed by atoms with E-state index in [-0.39, 0.29) is 5.57 Å². The molecule has 0 atom stereocenters. The summed E-state index contributed by atoms with van der Waals surface area (Å²) in [6.07, 6.45) is 3.23. The van der Waals surface area contributed by atoms with Crippen LogP contribution in [0.25, 0.3) is 0 Å². The van der Waals surface area contributed by atoms with Gasteiger partial charge in [-0.15, -0.1) is 0 Å². The van der Waals surface area contributed by atoms with E-state index in [0.717, 1.165) is 32.1 Å². The second-order valence-electron chi connectivity index (χ2n) is 7.58. The number of piperidine rings is 1. The summed E-state index contributed by atoms with van der Waals surface area (Å²) in [5.41, 5.74) is 0.00992. The van der Waals surface area contributed by atoms with E-state index in [1.54, 1.807) is 0 Å². The lowest BCUT2D eigenvalue weighted by Crippen LogP contribution is -2.42. The van der Waals surface area contributed by atoms with Crippen LogP contribution in [-0.4, -0.2) is 49.4 Å². The molecule has 3 rings (SSSR count). The molecule has 152 valence electrons. The Labute approximate surface area is 163 Å². The Hall–Kier alpha value is -2.61. The first-order valence-corrected chi connectivity index (χ1v) is 9.28. The van der Waals surface area contributed by atoms with Gasteiger partial charge in [0.2, 0.25) is 0 Å². The van der Waals surface area contributed by atoms with E-state index in [4.69, 9.17) is 14.2 Å². The van der Waals surface area contributed by atoms with Gasteiger partial charge in [0.25, 0.3) is 5.79 Å². The lowest BCUT2D eigenvalue weighted by molar-refractivity contribution is -0.222. The molecule has 0 spiro atoms. The summed E-state index contributed by atoms with van der Waals surface area (Å²) in [6.45, 7) is 5.50. The predicted octanol–water partition coefficient (Wildman–Crippen LogP) is 2.68. The molecule has 0 amide bonds. The zero-order valence-electron chi connectivity index (χ0n) is 16.3. The molecule has 2 aliphatic rings. The summed E-state index contributed by atoms with van der Waals surface area (Å²) in [5, 5.41) is 2.77. The van der Waals surface area contributed by atoms with E-state index in [2.05, 4.69) is 17.3 Å². The largest absolute Gasteiger partial charge is 0.491 e. The number of hydrogen-bond acceptors (Lipinski definition) is 7. The maximum Gasteiger partial charge on any atom is 0.350 e. The molecule has 2 heterocycles. The fourth-order valence-electron chi connectivity index (χ4n) is 3.11. The van der Waals surface area contributed by atoms with Crippen molar-refractivity contribution in [2.75, 3.05) is 32.1 Å². The summed E-state index contributed by atoms with van der Waals surface area (Å²) in [6, 6.07) is 4.06. The third-order valence-corrected chi connectivity index (χ3v) is 4.74. The maximum atomic E-state index is 13.7. The van der Waals surface area contributed by atoms with Crippen molar-refractivity contribution in [3.8, 4) is 5.75 Å². The number of anilines is 1. The molecule has 1 N–H and O–H groups in total. The number of carbonyl (C=O) groups excluding carboxylic acids is 2. The van der Waals surface area contributed by atoms with Crippen LogP contribution in [0.5, 0.6) is 5.75 Å². The van der Waals surface area contributed by atoms with Crippen LogP contribution in [0.1, 0.15) is 26.7 Å². The molecule has 0 saturated carbocycles. The van der Waals surface area contributed by atoms with Crippen LogP contribution in [0.3, 0.4) is 0 Å². The minimum Gasteiger partial charge on any atom is -0.491 e. The van der Waals surface area contributed by atoms with Gasteiger partial charge in [0.15, 0.2) is 5.57 Å². The third kappa shape index (κ3) is 5.01. The fourth-order valence-corrected chi connectivity index (χ4v) is 3.11. The van der Waals surface area contributed by atoms with Gasteiger partial charge in [-0.05, 0) is 51.0 Å². The number of cyclic esters (lactones) is 2. The van der Waals surface area contributed by atoms with Crippen molar-refractivity contribution in [3.63, 3.8) is 0 Å². The van der Waals surface area contributed by atoms with Crippen molar-refractivity contribution in [1.29, 1.82) is 0 Å². The second-order valence-corrected chi connectivity index (χ2v) is 7.58. The minimum absolute atomic E-state index is 0.301. The highest BCUT2D eigenvalue weighted by molar-refractivity contribution is 6.15. The summed E-state index contributed by atoms with van der Waals surface area (Å²) >= 11 is 0. The SMILES string of the molecule is CN1CCC(COc2ccc(F)cc2NC=C2C(=O)OC(C)(C)OC2=O)CC1. The number of ether oxygens (including phenoxy) is 3. The Kier molecular flexibility index (Phi) is 5.88. The Morgan fingerprint density at radius 3 is 2.54 bits per heavy atom. The molecule has 1 aromatic rings. The van der Waals surface area contributed by atoms with Gasteiger partial charge in [-0.3, -0.25) is 0 Å². The second kappa shape index (κ2) is 8.18. The topological polar surface area (TPSA) is 77.1 Å². The van der Waals surface area contributed by atoms with Gasteiger partial charge in [-0.1, -0.05) is 0 Å². The highest BCUT2D eigenvalue weighted by Gasteiger charge is 2.39. The minimum atomic E-state index is -1.31. The van der Waals surface area contributed by atoms with Crippen molar-refractivity contribution < 1.29 is 28.2 Å². The molecular formula is C20H25FN2O5. The number of esters is 2. The van der Waals surface area contributed by atoms with E-state index in [1.807, 2.05) is 0 Å². The van der Waals surface area contributed by atoms with Gasteiger partial charge in [0.1, 0.15) is 11.6 Å². The lowest BCUT2D eigenvalue weighted by Gasteiger charge is -2.30. The number of likely N-dealkylation sites (tertiary alicyclic amines) is 1. The number of nitrogens with one attached hydrogen (secondary N) is 1. The van der Waals surface area contributed by atoms with Gasteiger partial charge >= 0.3 is 11.9 Å². The zero-order valence-corrected chi connectivity index (χ0v) is 16.3. The number of hydrogen-bond donors (Lipinski definition) is 1. The van der Waals surface area contributed by atoms with Gasteiger partial charge in [0.05, 0.1) is 12.3 Å². The normalized spacial score (nSPS) is 20.4. The summed E-state index contributed by atoms with van der Waals surface area (Å²) in [7, 11) is 2.09. The average Bonchev–Trinajstić information content (AvgIpc) is 2.60. The van der Waals surface area contributed by atoms with E-state index in [0.29, 0.717) is 24.0 Å². The van der Waals surface area contributed by atoms with Crippen molar-refractivity contribution in [1.82, 2.24) is 4.90 Å². The number of carbonyl (C=O) groups is 2. The van der Waals surface area contributed by atoms with Crippen molar-refractivity contribution in [2.24, 2.45) is 5.92 Å². The molecule has 0 aliphatic carbocycles. The van der Waals surface area contributed by atoms with Gasteiger partial charge in [0, 0.05) is 26.1 Å². The van der Waals surface area contributed by atoms with Gasteiger partial charge < -0.3 is 24.4 Å². The Bertz CT molecular complexity index is 763. The summed E-state index contributed by atoms with van der Waals surface area (Å²) in [4.78, 5) is 26.3. The average molecular weight is 392 g/mol. The van der Waals surface area contributed by atoms with Crippen LogP contribution in [0.2, 0.25) is 0 Å². The van der Waals surface area contributed by atoms with Crippen LogP contribution in [-0.2, 0) is 19.1 Å². The molecule has 0 bridgehead atoms. The van der Waals surface area contributed by atoms with E-state index in [1.165, 1.54) is 32.0 Å². The number of rotatable bonds is 5. The molecule has 8 heteroatoms. The zero-order chi connectivity index (χ0) is 20.3. The monoisotopic (exact) mass is 392 g/mol. The van der Waals surface area contributed by atoms with Crippen LogP contribution < -0.4 is 10.1 Å². The van der Waals surface area contributed by atoms with E-state index in [9.17, 15) is 14.0 Å². The Balaban J connectivity index is 1.69.